The van der Waals surface area contributed by atoms with E-state index in [4.69, 9.17) is 4.98 Å². The Bertz CT molecular complexity index is 1190. The number of hydrogen-bond acceptors (Lipinski definition) is 3. The van der Waals surface area contributed by atoms with E-state index in [-0.39, 0.29) is 24.3 Å². The number of anilines is 1. The fourth-order valence-corrected chi connectivity index (χ4v) is 5.27. The largest absolute Gasteiger partial charge is 0.341 e. The molecule has 172 valence electrons. The van der Waals surface area contributed by atoms with E-state index in [9.17, 15) is 9.59 Å². The number of benzene rings is 2. The molecular formula is C27H32N4O2. The van der Waals surface area contributed by atoms with Gasteiger partial charge in [-0.05, 0) is 56.0 Å². The summed E-state index contributed by atoms with van der Waals surface area (Å²) in [5, 5.41) is 0. The quantitative estimate of drug-likeness (QED) is 0.592. The van der Waals surface area contributed by atoms with E-state index in [1.165, 1.54) is 18.4 Å². The summed E-state index contributed by atoms with van der Waals surface area (Å²) >= 11 is 0. The van der Waals surface area contributed by atoms with Gasteiger partial charge < -0.3 is 14.4 Å². The maximum atomic E-state index is 13.3. The Labute approximate surface area is 195 Å². The summed E-state index contributed by atoms with van der Waals surface area (Å²) in [5.74, 6) is 1.07. The SMILES string of the molecule is Cc1cccc(N2CC(c3nc4ccccc4n3CC(=O)N3CCCCCC3)CC2=O)c1C. The molecule has 2 saturated heterocycles. The van der Waals surface area contributed by atoms with Crippen molar-refractivity contribution >= 4 is 28.5 Å². The Morgan fingerprint density at radius 1 is 1.00 bits per heavy atom. The van der Waals surface area contributed by atoms with Crippen LogP contribution >= 0.6 is 0 Å². The average Bonchev–Trinajstić information content (AvgIpc) is 3.23. The zero-order valence-corrected chi connectivity index (χ0v) is 19.6. The smallest absolute Gasteiger partial charge is 0.242 e. The number of imidazole rings is 1. The second kappa shape index (κ2) is 9.00. The van der Waals surface area contributed by atoms with Gasteiger partial charge >= 0.3 is 0 Å². The maximum Gasteiger partial charge on any atom is 0.242 e. The van der Waals surface area contributed by atoms with Crippen LogP contribution in [0, 0.1) is 13.8 Å². The van der Waals surface area contributed by atoms with E-state index >= 15 is 0 Å². The normalized spacial score (nSPS) is 19.3. The van der Waals surface area contributed by atoms with Crippen LogP contribution in [0.25, 0.3) is 11.0 Å². The Balaban J connectivity index is 1.46. The lowest BCUT2D eigenvalue weighted by Crippen LogP contribution is -2.35. The number of amides is 2. The van der Waals surface area contributed by atoms with Crippen LogP contribution in [0.15, 0.2) is 42.5 Å². The number of carbonyl (C=O) groups is 2. The Kier molecular flexibility index (Phi) is 5.92. The fraction of sp³-hybridized carbons (Fsp3) is 0.444. The lowest BCUT2D eigenvalue weighted by Gasteiger charge is -2.22. The summed E-state index contributed by atoms with van der Waals surface area (Å²) in [6, 6.07) is 14.1. The molecule has 2 amide bonds. The van der Waals surface area contributed by atoms with Crippen LogP contribution in [-0.4, -0.2) is 45.9 Å². The molecular weight excluding hydrogens is 412 g/mol. The van der Waals surface area contributed by atoms with Gasteiger partial charge in [0.2, 0.25) is 11.8 Å². The van der Waals surface area contributed by atoms with Gasteiger partial charge in [-0.25, -0.2) is 4.98 Å². The zero-order chi connectivity index (χ0) is 22.9. The van der Waals surface area contributed by atoms with Crippen LogP contribution in [0.4, 0.5) is 5.69 Å². The van der Waals surface area contributed by atoms with Gasteiger partial charge in [0.05, 0.1) is 11.0 Å². The van der Waals surface area contributed by atoms with Gasteiger partial charge in [-0.2, -0.15) is 0 Å². The summed E-state index contributed by atoms with van der Waals surface area (Å²) in [4.78, 5) is 35.2. The van der Waals surface area contributed by atoms with Crippen LogP contribution in [-0.2, 0) is 16.1 Å². The highest BCUT2D eigenvalue weighted by atomic mass is 16.2. The highest BCUT2D eigenvalue weighted by molar-refractivity contribution is 5.97. The minimum absolute atomic E-state index is 0.0401. The monoisotopic (exact) mass is 444 g/mol. The Morgan fingerprint density at radius 2 is 1.76 bits per heavy atom. The minimum atomic E-state index is -0.0401. The molecule has 2 aliphatic heterocycles. The van der Waals surface area contributed by atoms with E-state index in [0.29, 0.717) is 13.0 Å². The molecule has 3 aromatic rings. The molecule has 3 heterocycles. The zero-order valence-electron chi connectivity index (χ0n) is 19.6. The number of aryl methyl sites for hydroxylation is 1. The Hall–Kier alpha value is -3.15. The number of aromatic nitrogens is 2. The maximum absolute atomic E-state index is 13.3. The molecule has 0 saturated carbocycles. The standard InChI is InChI=1S/C27H32N4O2/c1-19-10-9-13-23(20(19)2)30-17-21(16-25(30)32)27-28-22-11-5-6-12-24(22)31(27)18-26(33)29-14-7-3-4-8-15-29/h5-6,9-13,21H,3-4,7-8,14-18H2,1-2H3. The van der Waals surface area contributed by atoms with E-state index in [1.54, 1.807) is 0 Å². The third-order valence-electron chi connectivity index (χ3n) is 7.29. The van der Waals surface area contributed by atoms with Crippen LogP contribution in [0.1, 0.15) is 55.0 Å². The first kappa shape index (κ1) is 21.7. The molecule has 2 fully saturated rings. The molecule has 33 heavy (non-hydrogen) atoms. The lowest BCUT2D eigenvalue weighted by atomic mass is 10.1. The first-order valence-corrected chi connectivity index (χ1v) is 12.1. The summed E-state index contributed by atoms with van der Waals surface area (Å²) < 4.78 is 2.06. The Morgan fingerprint density at radius 3 is 2.55 bits per heavy atom. The molecule has 0 aliphatic carbocycles. The molecule has 0 radical (unpaired) electrons. The molecule has 1 atom stereocenters. The number of likely N-dealkylation sites (tertiary alicyclic amines) is 1. The summed E-state index contributed by atoms with van der Waals surface area (Å²) in [5.41, 5.74) is 5.14. The molecule has 2 aromatic carbocycles. The predicted molar refractivity (Wildman–Crippen MR) is 130 cm³/mol. The molecule has 6 nitrogen and oxygen atoms in total. The van der Waals surface area contributed by atoms with E-state index in [0.717, 1.165) is 54.0 Å². The number of para-hydroxylation sites is 2. The van der Waals surface area contributed by atoms with E-state index in [1.807, 2.05) is 46.2 Å². The molecule has 1 aromatic heterocycles. The van der Waals surface area contributed by atoms with Crippen molar-refractivity contribution < 1.29 is 9.59 Å². The van der Waals surface area contributed by atoms with Crippen molar-refractivity contribution in [3.8, 4) is 0 Å². The van der Waals surface area contributed by atoms with E-state index in [2.05, 4.69) is 24.5 Å². The molecule has 5 rings (SSSR count). The molecule has 2 aliphatic rings. The van der Waals surface area contributed by atoms with Crippen LogP contribution < -0.4 is 4.90 Å². The van der Waals surface area contributed by atoms with Crippen molar-refractivity contribution in [2.45, 2.75) is 58.4 Å². The van der Waals surface area contributed by atoms with Gasteiger partial charge in [-0.1, -0.05) is 37.1 Å². The topological polar surface area (TPSA) is 58.4 Å². The van der Waals surface area contributed by atoms with Gasteiger partial charge in [-0.3, -0.25) is 9.59 Å². The predicted octanol–water partition coefficient (Wildman–Crippen LogP) is 4.58. The summed E-state index contributed by atoms with van der Waals surface area (Å²) in [7, 11) is 0. The van der Waals surface area contributed by atoms with Gasteiger partial charge in [0, 0.05) is 37.7 Å². The van der Waals surface area contributed by atoms with Gasteiger partial charge in [0.1, 0.15) is 12.4 Å². The van der Waals surface area contributed by atoms with Gasteiger partial charge in [0.15, 0.2) is 0 Å². The first-order chi connectivity index (χ1) is 16.0. The van der Waals surface area contributed by atoms with Crippen molar-refractivity contribution in [3.63, 3.8) is 0 Å². The molecule has 0 spiro atoms. The van der Waals surface area contributed by atoms with Crippen molar-refractivity contribution in [2.75, 3.05) is 24.5 Å². The van der Waals surface area contributed by atoms with Gasteiger partial charge in [0.25, 0.3) is 0 Å². The second-order valence-electron chi connectivity index (χ2n) is 9.46. The number of nitrogens with zero attached hydrogens (tertiary/aromatic N) is 4. The van der Waals surface area contributed by atoms with Crippen molar-refractivity contribution in [2.24, 2.45) is 0 Å². The van der Waals surface area contributed by atoms with Crippen LogP contribution in [0.2, 0.25) is 0 Å². The highest BCUT2D eigenvalue weighted by Crippen LogP contribution is 2.35. The number of fused-ring (bicyclic) bond motifs is 1. The second-order valence-corrected chi connectivity index (χ2v) is 9.46. The number of rotatable bonds is 4. The van der Waals surface area contributed by atoms with Crippen molar-refractivity contribution in [3.05, 3.63) is 59.4 Å². The highest BCUT2D eigenvalue weighted by Gasteiger charge is 2.36. The summed E-state index contributed by atoms with van der Waals surface area (Å²) in [6.07, 6.45) is 4.95. The van der Waals surface area contributed by atoms with E-state index < -0.39 is 0 Å². The van der Waals surface area contributed by atoms with Crippen LogP contribution in [0.5, 0.6) is 0 Å². The lowest BCUT2D eigenvalue weighted by molar-refractivity contribution is -0.131. The molecule has 1 unspecified atom stereocenters. The average molecular weight is 445 g/mol. The van der Waals surface area contributed by atoms with Crippen molar-refractivity contribution in [1.29, 1.82) is 0 Å². The first-order valence-electron chi connectivity index (χ1n) is 12.1. The van der Waals surface area contributed by atoms with Crippen LogP contribution in [0.3, 0.4) is 0 Å². The molecule has 0 bridgehead atoms. The minimum Gasteiger partial charge on any atom is -0.341 e. The number of hydrogen-bond donors (Lipinski definition) is 0. The van der Waals surface area contributed by atoms with Crippen molar-refractivity contribution in [1.82, 2.24) is 14.5 Å². The number of carbonyl (C=O) groups excluding carboxylic acids is 2. The fourth-order valence-electron chi connectivity index (χ4n) is 5.27. The molecule has 6 heteroatoms. The molecule has 0 N–H and O–H groups in total. The third kappa shape index (κ3) is 4.14. The third-order valence-corrected chi connectivity index (χ3v) is 7.29. The summed E-state index contributed by atoms with van der Waals surface area (Å²) in [6.45, 7) is 6.69. The van der Waals surface area contributed by atoms with Gasteiger partial charge in [-0.15, -0.1) is 0 Å².